The summed E-state index contributed by atoms with van der Waals surface area (Å²) < 4.78 is 0. The van der Waals surface area contributed by atoms with Gasteiger partial charge in [0.1, 0.15) is 0 Å². The van der Waals surface area contributed by atoms with E-state index in [0.717, 1.165) is 0 Å². The minimum absolute atomic E-state index is 0.0938. The highest BCUT2D eigenvalue weighted by atomic mass is 16.3. The van der Waals surface area contributed by atoms with E-state index in [4.69, 9.17) is 10.2 Å². The third-order valence-electron chi connectivity index (χ3n) is 1.42. The van der Waals surface area contributed by atoms with Crippen molar-refractivity contribution in [3.63, 3.8) is 0 Å². The summed E-state index contributed by atoms with van der Waals surface area (Å²) in [5, 5.41) is 20.0. The molecule has 4 N–H and O–H groups in total. The Bertz CT molecular complexity index is 312. The van der Waals surface area contributed by atoms with Gasteiger partial charge in [-0.3, -0.25) is 4.79 Å². The van der Waals surface area contributed by atoms with Gasteiger partial charge in [0.15, 0.2) is 5.82 Å². The summed E-state index contributed by atoms with van der Waals surface area (Å²) in [6.07, 6.45) is 1.95. The Morgan fingerprint density at radius 2 is 2.46 bits per heavy atom. The highest BCUT2D eigenvalue weighted by Gasteiger charge is 2.03. The summed E-state index contributed by atoms with van der Waals surface area (Å²) in [6.45, 7) is -0.256. The van der Waals surface area contributed by atoms with Gasteiger partial charge >= 0.3 is 0 Å². The van der Waals surface area contributed by atoms with Crippen molar-refractivity contribution in [2.75, 3.05) is 18.5 Å². The fourth-order valence-corrected chi connectivity index (χ4v) is 0.757. The summed E-state index contributed by atoms with van der Waals surface area (Å²) in [6, 6.07) is 0. The van der Waals surface area contributed by atoms with Crippen LogP contribution in [-0.4, -0.2) is 39.4 Å². The Kier molecular flexibility index (Phi) is 3.41. The Morgan fingerprint density at radius 1 is 1.69 bits per heavy atom. The monoisotopic (exact) mass is 185 g/mol. The minimum atomic E-state index is -0.888. The van der Waals surface area contributed by atoms with Crippen LogP contribution in [0.2, 0.25) is 0 Å². The number of anilines is 1. The summed E-state index contributed by atoms with van der Waals surface area (Å²) in [7, 11) is 0. The van der Waals surface area contributed by atoms with Gasteiger partial charge in [-0.1, -0.05) is 0 Å². The van der Waals surface area contributed by atoms with E-state index in [2.05, 4.69) is 15.3 Å². The van der Waals surface area contributed by atoms with Crippen LogP contribution < -0.4 is 10.9 Å². The van der Waals surface area contributed by atoms with Crippen LogP contribution in [0.15, 0.2) is 17.2 Å². The molecule has 0 saturated heterocycles. The van der Waals surface area contributed by atoms with Crippen LogP contribution in [0.25, 0.3) is 0 Å². The number of hydrogen-bond acceptors (Lipinski definition) is 5. The molecule has 0 saturated carbocycles. The van der Waals surface area contributed by atoms with Crippen molar-refractivity contribution in [3.8, 4) is 0 Å². The lowest BCUT2D eigenvalue weighted by atomic mass is 10.4. The summed E-state index contributed by atoms with van der Waals surface area (Å²) in [5.74, 6) is 0.134. The third-order valence-corrected chi connectivity index (χ3v) is 1.42. The first-order chi connectivity index (χ1) is 6.24. The molecule has 0 spiro atoms. The number of aliphatic hydroxyl groups is 2. The first kappa shape index (κ1) is 9.69. The van der Waals surface area contributed by atoms with Crippen molar-refractivity contribution in [1.82, 2.24) is 9.97 Å². The maximum Gasteiger partial charge on any atom is 0.290 e. The lowest BCUT2D eigenvalue weighted by molar-refractivity contribution is 0.105. The average molecular weight is 185 g/mol. The molecule has 1 unspecified atom stereocenters. The quantitative estimate of drug-likeness (QED) is 0.459. The second-order valence-corrected chi connectivity index (χ2v) is 2.48. The fourth-order valence-electron chi connectivity index (χ4n) is 0.757. The van der Waals surface area contributed by atoms with Crippen molar-refractivity contribution >= 4 is 5.82 Å². The highest BCUT2D eigenvalue weighted by Crippen LogP contribution is 1.90. The molecule has 1 rings (SSSR count). The molecular weight excluding hydrogens is 174 g/mol. The smallest absolute Gasteiger partial charge is 0.290 e. The maximum absolute atomic E-state index is 11.0. The van der Waals surface area contributed by atoms with Gasteiger partial charge in [0.2, 0.25) is 0 Å². The Hall–Kier alpha value is -1.40. The number of nitrogens with one attached hydrogen (secondary N) is 2. The number of aliphatic hydroxyl groups excluding tert-OH is 2. The molecule has 1 atom stereocenters. The molecule has 72 valence electrons. The van der Waals surface area contributed by atoms with Crippen molar-refractivity contribution in [1.29, 1.82) is 0 Å². The molecule has 1 aromatic heterocycles. The van der Waals surface area contributed by atoms with E-state index in [1.807, 2.05) is 0 Å². The zero-order valence-corrected chi connectivity index (χ0v) is 6.90. The van der Waals surface area contributed by atoms with Gasteiger partial charge < -0.3 is 20.5 Å². The van der Waals surface area contributed by atoms with Crippen molar-refractivity contribution in [3.05, 3.63) is 22.7 Å². The lowest BCUT2D eigenvalue weighted by Gasteiger charge is -2.07. The normalized spacial score (nSPS) is 12.5. The Morgan fingerprint density at radius 3 is 3.08 bits per heavy atom. The van der Waals surface area contributed by atoms with Crippen LogP contribution >= 0.6 is 0 Å². The van der Waals surface area contributed by atoms with E-state index in [1.54, 1.807) is 0 Å². The Balaban J connectivity index is 2.55. The van der Waals surface area contributed by atoms with Gasteiger partial charge in [0, 0.05) is 18.9 Å². The molecule has 0 aliphatic carbocycles. The molecule has 6 nitrogen and oxygen atoms in total. The van der Waals surface area contributed by atoms with Crippen LogP contribution in [0.5, 0.6) is 0 Å². The molecule has 0 radical (unpaired) electrons. The van der Waals surface area contributed by atoms with E-state index < -0.39 is 6.10 Å². The molecule has 0 aliphatic heterocycles. The van der Waals surface area contributed by atoms with Crippen LogP contribution in [0.4, 0.5) is 5.82 Å². The van der Waals surface area contributed by atoms with Gasteiger partial charge in [-0.2, -0.15) is 0 Å². The molecular formula is C7H11N3O3. The number of hydrogen-bond donors (Lipinski definition) is 4. The SMILES string of the molecule is O=c1[nH]ccnc1NCC(O)CO. The van der Waals surface area contributed by atoms with Crippen LogP contribution in [-0.2, 0) is 0 Å². The number of H-pyrrole nitrogens is 1. The molecule has 1 aromatic rings. The lowest BCUT2D eigenvalue weighted by Crippen LogP contribution is -2.26. The zero-order valence-electron chi connectivity index (χ0n) is 6.90. The van der Waals surface area contributed by atoms with E-state index in [1.165, 1.54) is 12.4 Å². The predicted octanol–water partition coefficient (Wildman–Crippen LogP) is -1.47. The topological polar surface area (TPSA) is 98.2 Å². The first-order valence-corrected chi connectivity index (χ1v) is 3.80. The fraction of sp³-hybridized carbons (Fsp3) is 0.429. The van der Waals surface area contributed by atoms with E-state index in [0.29, 0.717) is 0 Å². The molecule has 13 heavy (non-hydrogen) atoms. The number of aromatic amines is 1. The summed E-state index contributed by atoms with van der Waals surface area (Å²) in [4.78, 5) is 17.1. The molecule has 0 amide bonds. The van der Waals surface area contributed by atoms with Gasteiger partial charge in [-0.05, 0) is 0 Å². The van der Waals surface area contributed by atoms with Crippen molar-refractivity contribution < 1.29 is 10.2 Å². The van der Waals surface area contributed by atoms with Gasteiger partial charge in [0.05, 0.1) is 12.7 Å². The maximum atomic E-state index is 11.0. The standard InChI is InChI=1S/C7H11N3O3/c11-4-5(12)3-10-6-7(13)9-2-1-8-6/h1-2,5,11-12H,3-4H2,(H,8,10)(H,9,13). The van der Waals surface area contributed by atoms with Crippen LogP contribution in [0.1, 0.15) is 0 Å². The molecule has 0 fully saturated rings. The summed E-state index contributed by atoms with van der Waals surface area (Å²) in [5.41, 5.74) is -0.354. The molecule has 0 bridgehead atoms. The molecule has 1 heterocycles. The summed E-state index contributed by atoms with van der Waals surface area (Å²) >= 11 is 0. The highest BCUT2D eigenvalue weighted by molar-refractivity contribution is 5.29. The predicted molar refractivity (Wildman–Crippen MR) is 46.4 cm³/mol. The molecule has 0 aliphatic rings. The van der Waals surface area contributed by atoms with Gasteiger partial charge in [-0.15, -0.1) is 0 Å². The third kappa shape index (κ3) is 2.85. The largest absolute Gasteiger partial charge is 0.394 e. The first-order valence-electron chi connectivity index (χ1n) is 3.80. The second-order valence-electron chi connectivity index (χ2n) is 2.48. The van der Waals surface area contributed by atoms with Crippen molar-refractivity contribution in [2.45, 2.75) is 6.10 Å². The average Bonchev–Trinajstić information content (AvgIpc) is 2.16. The van der Waals surface area contributed by atoms with Gasteiger partial charge in [0.25, 0.3) is 5.56 Å². The van der Waals surface area contributed by atoms with Crippen LogP contribution in [0, 0.1) is 0 Å². The van der Waals surface area contributed by atoms with E-state index >= 15 is 0 Å². The Labute approximate surface area is 74.3 Å². The van der Waals surface area contributed by atoms with E-state index in [-0.39, 0.29) is 24.5 Å². The number of nitrogens with zero attached hydrogens (tertiary/aromatic N) is 1. The van der Waals surface area contributed by atoms with Crippen molar-refractivity contribution in [2.24, 2.45) is 0 Å². The second kappa shape index (κ2) is 4.58. The number of rotatable bonds is 4. The zero-order chi connectivity index (χ0) is 9.68. The minimum Gasteiger partial charge on any atom is -0.394 e. The molecule has 0 aromatic carbocycles. The van der Waals surface area contributed by atoms with E-state index in [9.17, 15) is 4.79 Å². The number of aromatic nitrogens is 2. The molecule has 6 heteroatoms. The van der Waals surface area contributed by atoms with Gasteiger partial charge in [-0.25, -0.2) is 4.98 Å². The van der Waals surface area contributed by atoms with Crippen LogP contribution in [0.3, 0.4) is 0 Å².